The topological polar surface area (TPSA) is 67.2 Å². The summed E-state index contributed by atoms with van der Waals surface area (Å²) in [6, 6.07) is 0. The van der Waals surface area contributed by atoms with Gasteiger partial charge in [-0.3, -0.25) is 9.48 Å². The Morgan fingerprint density at radius 2 is 2.21 bits per heavy atom. The Balaban J connectivity index is 2.50. The molecule has 19 heavy (non-hydrogen) atoms. The van der Waals surface area contributed by atoms with Crippen LogP contribution in [0.3, 0.4) is 0 Å². The van der Waals surface area contributed by atoms with Crippen LogP contribution in [0, 0.1) is 5.41 Å². The molecule has 0 spiro atoms. The average molecular weight is 288 g/mol. The number of nitrogens with one attached hydrogen (secondary N) is 1. The third-order valence-electron chi connectivity index (χ3n) is 2.96. The minimum atomic E-state index is -0.462. The first-order valence-corrected chi connectivity index (χ1v) is 6.82. The molecule has 1 heterocycles. The zero-order valence-corrected chi connectivity index (χ0v) is 12.7. The van der Waals surface area contributed by atoms with Gasteiger partial charge in [0.15, 0.2) is 5.69 Å². The molecule has 0 aliphatic heterocycles. The van der Waals surface area contributed by atoms with Crippen LogP contribution in [0.25, 0.3) is 0 Å². The molecule has 1 atom stereocenters. The number of halogens is 1. The van der Waals surface area contributed by atoms with Crippen molar-refractivity contribution < 1.29 is 9.90 Å². The van der Waals surface area contributed by atoms with Gasteiger partial charge in [0.05, 0.1) is 11.1 Å². The average Bonchev–Trinajstić information content (AvgIpc) is 2.69. The minimum Gasteiger partial charge on any atom is -0.393 e. The summed E-state index contributed by atoms with van der Waals surface area (Å²) in [5.41, 5.74) is 0.0420. The van der Waals surface area contributed by atoms with E-state index in [0.29, 0.717) is 24.5 Å². The fraction of sp³-hybridized carbons (Fsp3) is 0.692. The number of hydrogen-bond donors (Lipinski definition) is 2. The number of amides is 1. The van der Waals surface area contributed by atoms with Crippen LogP contribution in [-0.2, 0) is 6.54 Å². The lowest BCUT2D eigenvalue weighted by molar-refractivity contribution is 0.0550. The molecule has 0 radical (unpaired) electrons. The lowest BCUT2D eigenvalue weighted by atomic mass is 9.87. The quantitative estimate of drug-likeness (QED) is 0.871. The Morgan fingerprint density at radius 1 is 1.58 bits per heavy atom. The predicted molar refractivity (Wildman–Crippen MR) is 75.3 cm³/mol. The van der Waals surface area contributed by atoms with E-state index in [1.54, 1.807) is 10.9 Å². The van der Waals surface area contributed by atoms with E-state index in [-0.39, 0.29) is 17.0 Å². The predicted octanol–water partition coefficient (Wildman–Crippen LogP) is 2.08. The van der Waals surface area contributed by atoms with Gasteiger partial charge in [0.2, 0.25) is 0 Å². The molecule has 108 valence electrons. The maximum absolute atomic E-state index is 11.9. The Labute approximate surface area is 118 Å². The zero-order valence-electron chi connectivity index (χ0n) is 11.9. The highest BCUT2D eigenvalue weighted by Crippen LogP contribution is 2.21. The Hall–Kier alpha value is -1.07. The summed E-state index contributed by atoms with van der Waals surface area (Å²) in [5, 5.41) is 17.0. The van der Waals surface area contributed by atoms with E-state index in [0.717, 1.165) is 0 Å². The zero-order chi connectivity index (χ0) is 14.6. The summed E-state index contributed by atoms with van der Waals surface area (Å²) >= 11 is 5.94. The van der Waals surface area contributed by atoms with E-state index < -0.39 is 6.10 Å². The summed E-state index contributed by atoms with van der Waals surface area (Å²) in [6.45, 7) is 8.85. The smallest absolute Gasteiger partial charge is 0.273 e. The van der Waals surface area contributed by atoms with E-state index in [1.165, 1.54) is 0 Å². The van der Waals surface area contributed by atoms with Crippen LogP contribution in [0.4, 0.5) is 0 Å². The number of carbonyl (C=O) groups is 1. The fourth-order valence-electron chi connectivity index (χ4n) is 1.55. The maximum atomic E-state index is 11.9. The van der Waals surface area contributed by atoms with Gasteiger partial charge in [0.1, 0.15) is 0 Å². The molecule has 0 saturated carbocycles. The number of aromatic nitrogens is 2. The van der Waals surface area contributed by atoms with Gasteiger partial charge >= 0.3 is 0 Å². The lowest BCUT2D eigenvalue weighted by Gasteiger charge is -2.25. The van der Waals surface area contributed by atoms with E-state index in [4.69, 9.17) is 11.6 Å². The highest BCUT2D eigenvalue weighted by atomic mass is 35.5. The summed E-state index contributed by atoms with van der Waals surface area (Å²) in [5.74, 6) is -0.307. The Morgan fingerprint density at radius 3 is 2.68 bits per heavy atom. The molecular weight excluding hydrogens is 266 g/mol. The van der Waals surface area contributed by atoms with Gasteiger partial charge in [-0.05, 0) is 18.8 Å². The molecule has 0 bridgehead atoms. The van der Waals surface area contributed by atoms with Gasteiger partial charge in [-0.25, -0.2) is 0 Å². The molecule has 6 heteroatoms. The largest absolute Gasteiger partial charge is 0.393 e. The Bertz CT molecular complexity index is 438. The van der Waals surface area contributed by atoms with Gasteiger partial charge in [0.25, 0.3) is 5.91 Å². The van der Waals surface area contributed by atoms with E-state index in [9.17, 15) is 9.90 Å². The lowest BCUT2D eigenvalue weighted by Crippen LogP contribution is -2.32. The van der Waals surface area contributed by atoms with Crippen LogP contribution in [0.15, 0.2) is 6.20 Å². The second-order valence-corrected chi connectivity index (χ2v) is 6.01. The third-order valence-corrected chi connectivity index (χ3v) is 3.24. The molecule has 1 aromatic heterocycles. The first-order valence-electron chi connectivity index (χ1n) is 6.45. The summed E-state index contributed by atoms with van der Waals surface area (Å²) < 4.78 is 1.61. The first kappa shape index (κ1) is 16.0. The fourth-order valence-corrected chi connectivity index (χ4v) is 1.79. The molecule has 5 nitrogen and oxygen atoms in total. The van der Waals surface area contributed by atoms with Crippen molar-refractivity contribution >= 4 is 17.5 Å². The second kappa shape index (κ2) is 6.39. The third kappa shape index (κ3) is 4.51. The van der Waals surface area contributed by atoms with Gasteiger partial charge < -0.3 is 10.4 Å². The number of hydrogen-bond acceptors (Lipinski definition) is 3. The van der Waals surface area contributed by atoms with Crippen LogP contribution in [0.2, 0.25) is 5.02 Å². The van der Waals surface area contributed by atoms with Gasteiger partial charge in [-0.2, -0.15) is 5.10 Å². The summed E-state index contributed by atoms with van der Waals surface area (Å²) in [4.78, 5) is 11.9. The van der Waals surface area contributed by atoms with Crippen molar-refractivity contribution in [2.75, 3.05) is 6.54 Å². The van der Waals surface area contributed by atoms with Crippen molar-refractivity contribution in [1.82, 2.24) is 15.1 Å². The second-order valence-electron chi connectivity index (χ2n) is 5.61. The molecule has 0 unspecified atom stereocenters. The first-order chi connectivity index (χ1) is 8.75. The number of aliphatic hydroxyl groups excluding tert-OH is 1. The van der Waals surface area contributed by atoms with Crippen LogP contribution in [0.1, 0.15) is 44.6 Å². The SMILES string of the molecule is CCn1cc(Cl)c(C(=O)NCC[C@@H](O)C(C)(C)C)n1. The minimum absolute atomic E-state index is 0.188. The molecule has 0 saturated heterocycles. The number of aliphatic hydroxyl groups is 1. The van der Waals surface area contributed by atoms with E-state index in [2.05, 4.69) is 10.4 Å². The number of aryl methyl sites for hydroxylation is 1. The van der Waals surface area contributed by atoms with Crippen LogP contribution in [0.5, 0.6) is 0 Å². The van der Waals surface area contributed by atoms with Crippen molar-refractivity contribution in [3.63, 3.8) is 0 Å². The van der Waals surface area contributed by atoms with Crippen molar-refractivity contribution in [2.24, 2.45) is 5.41 Å². The highest BCUT2D eigenvalue weighted by molar-refractivity contribution is 6.33. The van der Waals surface area contributed by atoms with Gasteiger partial charge in [0, 0.05) is 19.3 Å². The number of nitrogens with zero attached hydrogens (tertiary/aromatic N) is 2. The maximum Gasteiger partial charge on any atom is 0.273 e. The van der Waals surface area contributed by atoms with E-state index >= 15 is 0 Å². The van der Waals surface area contributed by atoms with Crippen molar-refractivity contribution in [3.8, 4) is 0 Å². The molecule has 0 aliphatic rings. The molecule has 1 rings (SSSR count). The molecule has 1 amide bonds. The Kier molecular flexibility index (Phi) is 5.38. The van der Waals surface area contributed by atoms with Crippen LogP contribution in [-0.4, -0.2) is 33.4 Å². The summed E-state index contributed by atoms with van der Waals surface area (Å²) in [7, 11) is 0. The molecule has 0 aromatic carbocycles. The normalized spacial score (nSPS) is 13.4. The number of carbonyl (C=O) groups excluding carboxylic acids is 1. The summed E-state index contributed by atoms with van der Waals surface area (Å²) in [6.07, 6.45) is 1.67. The van der Waals surface area contributed by atoms with Crippen molar-refractivity contribution in [1.29, 1.82) is 0 Å². The van der Waals surface area contributed by atoms with Gasteiger partial charge in [-0.15, -0.1) is 0 Å². The molecular formula is C13H22ClN3O2. The molecule has 0 fully saturated rings. The standard InChI is InChI=1S/C13H22ClN3O2/c1-5-17-8-9(14)11(16-17)12(19)15-7-6-10(18)13(2,3)4/h8,10,18H,5-7H2,1-4H3,(H,15,19)/t10-/m1/s1. The van der Waals surface area contributed by atoms with Crippen molar-refractivity contribution in [3.05, 3.63) is 16.9 Å². The van der Waals surface area contributed by atoms with Crippen LogP contribution >= 0.6 is 11.6 Å². The molecule has 0 aliphatic carbocycles. The highest BCUT2D eigenvalue weighted by Gasteiger charge is 2.22. The van der Waals surface area contributed by atoms with Crippen molar-refractivity contribution in [2.45, 2.75) is 46.8 Å². The van der Waals surface area contributed by atoms with E-state index in [1.807, 2.05) is 27.7 Å². The number of rotatable bonds is 5. The molecule has 2 N–H and O–H groups in total. The monoisotopic (exact) mass is 287 g/mol. The van der Waals surface area contributed by atoms with Gasteiger partial charge in [-0.1, -0.05) is 32.4 Å². The molecule has 1 aromatic rings. The van der Waals surface area contributed by atoms with Crippen LogP contribution < -0.4 is 5.32 Å².